The van der Waals surface area contributed by atoms with Crippen LogP contribution in [-0.2, 0) is 0 Å². The van der Waals surface area contributed by atoms with Gasteiger partial charge in [-0.05, 0) is 12.2 Å². The minimum Gasteiger partial charge on any atom is -0.408 e. The number of nitrogens with zero attached hydrogens (tertiary/aromatic N) is 1. The van der Waals surface area contributed by atoms with Crippen LogP contribution in [0.5, 0.6) is 0 Å². The van der Waals surface area contributed by atoms with Crippen LogP contribution in [0.25, 0.3) is 0 Å². The Morgan fingerprint density at radius 2 is 2.31 bits per heavy atom. The molecule has 66 valence electrons. The summed E-state index contributed by atoms with van der Waals surface area (Å²) in [6, 6.07) is 0. The molecule has 2 aliphatic rings. The van der Waals surface area contributed by atoms with Crippen molar-refractivity contribution in [2.75, 3.05) is 6.67 Å². The summed E-state index contributed by atoms with van der Waals surface area (Å²) in [7, 11) is 5.78. The van der Waals surface area contributed by atoms with E-state index in [2.05, 4.69) is 37.4 Å². The van der Waals surface area contributed by atoms with Crippen LogP contribution in [0.3, 0.4) is 0 Å². The molecule has 0 aromatic carbocycles. The molecule has 1 fully saturated rings. The Morgan fingerprint density at radius 1 is 1.54 bits per heavy atom. The molecule has 2 rings (SSSR count). The van der Waals surface area contributed by atoms with E-state index in [0.29, 0.717) is 6.67 Å². The van der Waals surface area contributed by atoms with Gasteiger partial charge in [0.25, 0.3) is 0 Å². The standard InChI is InChI=1S/C10H13BN2/c1-10(2)5-3-4-9-8(6-10)12-7-13(9)11/h3-6,12H,7H2,1-2H3. The first kappa shape index (κ1) is 8.48. The van der Waals surface area contributed by atoms with E-state index in [1.165, 1.54) is 0 Å². The molecule has 2 radical (unpaired) electrons. The second-order valence-corrected chi connectivity index (χ2v) is 4.10. The Hall–Kier alpha value is -1.12. The monoisotopic (exact) mass is 172 g/mol. The maximum Gasteiger partial charge on any atom is 0.229 e. The van der Waals surface area contributed by atoms with Gasteiger partial charge in [-0.3, -0.25) is 0 Å². The van der Waals surface area contributed by atoms with Crippen molar-refractivity contribution in [1.82, 2.24) is 10.1 Å². The third-order valence-electron chi connectivity index (χ3n) is 2.32. The molecule has 0 amide bonds. The summed E-state index contributed by atoms with van der Waals surface area (Å²) in [6.07, 6.45) is 8.47. The third kappa shape index (κ3) is 1.51. The molecule has 1 saturated heterocycles. The predicted molar refractivity (Wildman–Crippen MR) is 54.7 cm³/mol. The maximum atomic E-state index is 5.78. The van der Waals surface area contributed by atoms with Gasteiger partial charge in [0, 0.05) is 11.1 Å². The molecular formula is C10H13BN2. The predicted octanol–water partition coefficient (Wildman–Crippen LogP) is 1.30. The van der Waals surface area contributed by atoms with Crippen molar-refractivity contribution < 1.29 is 0 Å². The lowest BCUT2D eigenvalue weighted by Crippen LogP contribution is -2.17. The lowest BCUT2D eigenvalue weighted by molar-refractivity contribution is 0.604. The number of rotatable bonds is 0. The largest absolute Gasteiger partial charge is 0.408 e. The van der Waals surface area contributed by atoms with E-state index in [4.69, 9.17) is 7.98 Å². The van der Waals surface area contributed by atoms with E-state index in [9.17, 15) is 0 Å². The molecule has 3 heteroatoms. The Bertz CT molecular complexity index is 313. The van der Waals surface area contributed by atoms with Crippen LogP contribution in [-0.4, -0.2) is 19.5 Å². The highest BCUT2D eigenvalue weighted by molar-refractivity contribution is 6.06. The normalized spacial score (nSPS) is 24.3. The number of hydrogen-bond donors (Lipinski definition) is 1. The summed E-state index contributed by atoms with van der Waals surface area (Å²) in [5.41, 5.74) is 2.31. The average Bonchev–Trinajstić information content (AvgIpc) is 2.31. The van der Waals surface area contributed by atoms with Crippen molar-refractivity contribution in [3.8, 4) is 0 Å². The summed E-state index contributed by atoms with van der Waals surface area (Å²) < 4.78 is 0. The second kappa shape index (κ2) is 2.69. The van der Waals surface area contributed by atoms with E-state index < -0.39 is 0 Å². The van der Waals surface area contributed by atoms with Gasteiger partial charge in [-0.15, -0.1) is 0 Å². The highest BCUT2D eigenvalue weighted by Crippen LogP contribution is 2.28. The third-order valence-corrected chi connectivity index (χ3v) is 2.32. The maximum absolute atomic E-state index is 5.78. The number of nitrogens with one attached hydrogen (secondary N) is 1. The van der Waals surface area contributed by atoms with Gasteiger partial charge in [0.2, 0.25) is 7.98 Å². The summed E-state index contributed by atoms with van der Waals surface area (Å²) in [4.78, 5) is 1.72. The summed E-state index contributed by atoms with van der Waals surface area (Å²) >= 11 is 0. The van der Waals surface area contributed by atoms with Crippen molar-refractivity contribution in [3.05, 3.63) is 35.7 Å². The molecule has 1 N–H and O–H groups in total. The summed E-state index contributed by atoms with van der Waals surface area (Å²) in [5.74, 6) is 0. The zero-order valence-corrected chi connectivity index (χ0v) is 8.04. The SMILES string of the molecule is [B]N1CNC2=CC(C)(C)C=CC=C21. The first-order valence-corrected chi connectivity index (χ1v) is 4.47. The molecular weight excluding hydrogens is 159 g/mol. The topological polar surface area (TPSA) is 15.3 Å². The first-order chi connectivity index (χ1) is 6.08. The van der Waals surface area contributed by atoms with E-state index in [-0.39, 0.29) is 5.41 Å². The Balaban J connectivity index is 2.41. The van der Waals surface area contributed by atoms with Gasteiger partial charge in [-0.25, -0.2) is 0 Å². The zero-order valence-electron chi connectivity index (χ0n) is 8.04. The molecule has 0 saturated carbocycles. The quantitative estimate of drug-likeness (QED) is 0.554. The number of fused-ring (bicyclic) bond motifs is 1. The minimum absolute atomic E-state index is 0.103. The fourth-order valence-corrected chi connectivity index (χ4v) is 1.62. The van der Waals surface area contributed by atoms with Crippen LogP contribution in [0.15, 0.2) is 35.7 Å². The van der Waals surface area contributed by atoms with Gasteiger partial charge in [-0.2, -0.15) is 0 Å². The first-order valence-electron chi connectivity index (χ1n) is 4.47. The molecule has 1 aliphatic heterocycles. The van der Waals surface area contributed by atoms with Crippen LogP contribution < -0.4 is 5.32 Å². The van der Waals surface area contributed by atoms with E-state index in [0.717, 1.165) is 11.4 Å². The van der Waals surface area contributed by atoms with Crippen LogP contribution >= 0.6 is 0 Å². The smallest absolute Gasteiger partial charge is 0.229 e. The summed E-state index contributed by atoms with van der Waals surface area (Å²) in [6.45, 7) is 5.05. The minimum atomic E-state index is 0.103. The van der Waals surface area contributed by atoms with Crippen molar-refractivity contribution in [2.45, 2.75) is 13.8 Å². The lowest BCUT2D eigenvalue weighted by Gasteiger charge is -2.14. The zero-order chi connectivity index (χ0) is 9.47. The van der Waals surface area contributed by atoms with Crippen molar-refractivity contribution in [1.29, 1.82) is 0 Å². The van der Waals surface area contributed by atoms with Gasteiger partial charge < -0.3 is 10.1 Å². The highest BCUT2D eigenvalue weighted by Gasteiger charge is 2.22. The average molecular weight is 172 g/mol. The number of hydrogen-bond acceptors (Lipinski definition) is 2. The molecule has 0 atom stereocenters. The molecule has 0 unspecified atom stereocenters. The van der Waals surface area contributed by atoms with Crippen LogP contribution in [0, 0.1) is 5.41 Å². The Labute approximate surface area is 80.4 Å². The second-order valence-electron chi connectivity index (χ2n) is 4.10. The van der Waals surface area contributed by atoms with E-state index in [1.54, 1.807) is 4.81 Å². The molecule has 1 aliphatic carbocycles. The van der Waals surface area contributed by atoms with E-state index >= 15 is 0 Å². The molecule has 1 heterocycles. The molecule has 0 aromatic rings. The van der Waals surface area contributed by atoms with Gasteiger partial charge in [-0.1, -0.05) is 26.0 Å². The fourth-order valence-electron chi connectivity index (χ4n) is 1.62. The molecule has 13 heavy (non-hydrogen) atoms. The molecule has 0 bridgehead atoms. The van der Waals surface area contributed by atoms with Gasteiger partial charge in [0.05, 0.1) is 12.4 Å². The summed E-state index contributed by atoms with van der Waals surface area (Å²) in [5, 5.41) is 3.26. The van der Waals surface area contributed by atoms with Crippen molar-refractivity contribution >= 4 is 7.98 Å². The molecule has 0 spiro atoms. The van der Waals surface area contributed by atoms with Crippen molar-refractivity contribution in [2.24, 2.45) is 5.41 Å². The van der Waals surface area contributed by atoms with Gasteiger partial charge in [0.1, 0.15) is 0 Å². The van der Waals surface area contributed by atoms with Crippen LogP contribution in [0.2, 0.25) is 0 Å². The number of allylic oxidation sites excluding steroid dienone is 4. The van der Waals surface area contributed by atoms with Gasteiger partial charge >= 0.3 is 0 Å². The van der Waals surface area contributed by atoms with Crippen LogP contribution in [0.4, 0.5) is 0 Å². The molecule has 0 aromatic heterocycles. The lowest BCUT2D eigenvalue weighted by atomic mass is 9.92. The molecule has 2 nitrogen and oxygen atoms in total. The fraction of sp³-hybridized carbons (Fsp3) is 0.400. The van der Waals surface area contributed by atoms with E-state index in [1.807, 2.05) is 6.08 Å². The highest BCUT2D eigenvalue weighted by atomic mass is 15.2. The van der Waals surface area contributed by atoms with Gasteiger partial charge in [0.15, 0.2) is 0 Å². The Morgan fingerprint density at radius 3 is 3.08 bits per heavy atom. The Kier molecular flexibility index (Phi) is 1.75. The van der Waals surface area contributed by atoms with Crippen molar-refractivity contribution in [3.63, 3.8) is 0 Å². The van der Waals surface area contributed by atoms with Crippen LogP contribution in [0.1, 0.15) is 13.8 Å².